The summed E-state index contributed by atoms with van der Waals surface area (Å²) in [6.45, 7) is 2.26. The van der Waals surface area contributed by atoms with Gasteiger partial charge >= 0.3 is 46.0 Å². The molecule has 0 aromatic rings. The zero-order chi connectivity index (χ0) is 4.12. The minimum absolute atomic E-state index is 0.0621. The molecule has 0 nitrogen and oxygen atoms in total. The molecule has 0 saturated carbocycles. The Bertz CT molecular complexity index is 11.1. The third-order valence-electron chi connectivity index (χ3n) is 0.707. The summed E-state index contributed by atoms with van der Waals surface area (Å²) in [6.07, 6.45) is 1.44. The van der Waals surface area contributed by atoms with E-state index in [1.54, 1.807) is 3.98 Å². The van der Waals surface area contributed by atoms with Crippen molar-refractivity contribution in [1.82, 2.24) is 0 Å². The van der Waals surface area contributed by atoms with Crippen LogP contribution < -0.4 is 0 Å². The average molecular weight is 171 g/mol. The summed E-state index contributed by atoms with van der Waals surface area (Å²) >= 11 is -0.0621. The van der Waals surface area contributed by atoms with Gasteiger partial charge in [-0.2, -0.15) is 0 Å². The van der Waals surface area contributed by atoms with Crippen molar-refractivity contribution in [2.45, 2.75) is 21.8 Å². The van der Waals surface area contributed by atoms with Gasteiger partial charge in [0.15, 0.2) is 0 Å². The molecule has 0 bridgehead atoms. The number of hydrogen-bond acceptors (Lipinski definition) is 0. The first-order valence-corrected chi connectivity index (χ1v) is 9.30. The fourth-order valence-electron chi connectivity index (χ4n) is 0.354. The Morgan fingerprint density at radius 3 is 2.20 bits per heavy atom. The second-order valence-electron chi connectivity index (χ2n) is 1.35. The van der Waals surface area contributed by atoms with Gasteiger partial charge in [-0.25, -0.2) is 0 Å². The molecule has 28 valence electrons. The quantitative estimate of drug-likeness (QED) is 0.556. The predicted octanol–water partition coefficient (Wildman–Crippen LogP) is 1.95. The van der Waals surface area contributed by atoms with Crippen LogP contribution in [0.3, 0.4) is 0 Å². The van der Waals surface area contributed by atoms with Gasteiger partial charge in [0.2, 0.25) is 0 Å². The molecule has 0 atom stereocenters. The second-order valence-corrected chi connectivity index (χ2v) is 6.23. The van der Waals surface area contributed by atoms with Gasteiger partial charge in [-0.15, -0.1) is 0 Å². The molecule has 0 fully saturated rings. The van der Waals surface area contributed by atoms with Gasteiger partial charge in [0.1, 0.15) is 0 Å². The molecule has 0 spiro atoms. The van der Waals surface area contributed by atoms with E-state index in [1.807, 2.05) is 0 Å². The Kier molecular flexibility index (Phi) is 5.83. The van der Waals surface area contributed by atoms with E-state index in [-0.39, 0.29) is 24.2 Å². The van der Waals surface area contributed by atoms with Crippen LogP contribution in [-0.4, -0.2) is 0 Å². The minimum atomic E-state index is -0.0621. The molecule has 0 radical (unpaired) electrons. The van der Waals surface area contributed by atoms with Crippen LogP contribution in [0.2, 0.25) is 8.46 Å². The molecular formula is C4H10Cd. The van der Waals surface area contributed by atoms with Crippen molar-refractivity contribution in [1.29, 1.82) is 0 Å². The summed E-state index contributed by atoms with van der Waals surface area (Å²) in [5.41, 5.74) is 0. The van der Waals surface area contributed by atoms with Crippen LogP contribution in [0, 0.1) is 0 Å². The monoisotopic (exact) mass is 172 g/mol. The fourth-order valence-corrected chi connectivity index (χ4v) is 2.37. The molecule has 0 aliphatic heterocycles. The van der Waals surface area contributed by atoms with Crippen molar-refractivity contribution < 1.29 is 24.2 Å². The second kappa shape index (κ2) is 4.92. The zero-order valence-electron chi connectivity index (χ0n) is 4.12. The van der Waals surface area contributed by atoms with Crippen molar-refractivity contribution in [2.24, 2.45) is 0 Å². The molecule has 0 saturated heterocycles. The van der Waals surface area contributed by atoms with Gasteiger partial charge in [0.25, 0.3) is 0 Å². The Morgan fingerprint density at radius 2 is 2.20 bits per heavy atom. The maximum absolute atomic E-state index is 2.42. The number of hydrogen-bond donors (Lipinski definition) is 0. The van der Waals surface area contributed by atoms with Crippen LogP contribution in [0.4, 0.5) is 0 Å². The Morgan fingerprint density at radius 1 is 1.60 bits per heavy atom. The Balaban J connectivity index is 2.19. The van der Waals surface area contributed by atoms with E-state index < -0.39 is 0 Å². The first kappa shape index (κ1) is 5.92. The van der Waals surface area contributed by atoms with Crippen molar-refractivity contribution in [3.63, 3.8) is 0 Å². The molecule has 5 heavy (non-hydrogen) atoms. The van der Waals surface area contributed by atoms with E-state index in [9.17, 15) is 0 Å². The third-order valence-corrected chi connectivity index (χ3v) is 4.74. The van der Waals surface area contributed by atoms with Gasteiger partial charge < -0.3 is 0 Å². The molecule has 0 rings (SSSR count). The molecule has 0 aromatic carbocycles. The first-order chi connectivity index (χ1) is 2.41. The van der Waals surface area contributed by atoms with Gasteiger partial charge in [-0.1, -0.05) is 0 Å². The molecule has 0 aliphatic rings. The van der Waals surface area contributed by atoms with E-state index in [1.165, 1.54) is 6.42 Å². The van der Waals surface area contributed by atoms with Gasteiger partial charge in [0, 0.05) is 0 Å². The number of rotatable bonds is 2. The Hall–Kier alpha value is 0.922. The van der Waals surface area contributed by atoms with E-state index in [0.717, 1.165) is 0 Å². The molecule has 0 heterocycles. The molecule has 0 N–H and O–H groups in total. The summed E-state index contributed by atoms with van der Waals surface area (Å²) < 4.78 is 4.02. The summed E-state index contributed by atoms with van der Waals surface area (Å²) in [5, 5.41) is 0. The van der Waals surface area contributed by atoms with Crippen LogP contribution >= 0.6 is 0 Å². The molecule has 1 heteroatoms. The molecule has 0 aromatic heterocycles. The molecular weight excluding hydrogens is 160 g/mol. The van der Waals surface area contributed by atoms with Crippen LogP contribution in [0.1, 0.15) is 13.3 Å². The molecule has 0 aliphatic carbocycles. The predicted molar refractivity (Wildman–Crippen MR) is 21.0 cm³/mol. The maximum atomic E-state index is 2.42. The Labute approximate surface area is 46.2 Å². The third kappa shape index (κ3) is 4.92. The van der Waals surface area contributed by atoms with Gasteiger partial charge in [-0.3, -0.25) is 0 Å². The summed E-state index contributed by atoms with van der Waals surface area (Å²) in [6, 6.07) is 0. The van der Waals surface area contributed by atoms with E-state index in [4.69, 9.17) is 0 Å². The van der Waals surface area contributed by atoms with Crippen LogP contribution in [0.5, 0.6) is 0 Å². The summed E-state index contributed by atoms with van der Waals surface area (Å²) in [4.78, 5) is 0. The van der Waals surface area contributed by atoms with Crippen molar-refractivity contribution in [3.8, 4) is 0 Å². The molecule has 0 unspecified atom stereocenters. The molecule has 0 amide bonds. The van der Waals surface area contributed by atoms with Crippen LogP contribution in [0.15, 0.2) is 0 Å². The summed E-state index contributed by atoms with van der Waals surface area (Å²) in [7, 11) is 0. The topological polar surface area (TPSA) is 0 Å². The van der Waals surface area contributed by atoms with E-state index in [0.29, 0.717) is 0 Å². The van der Waals surface area contributed by atoms with Crippen LogP contribution in [0.25, 0.3) is 0 Å². The standard InChI is InChI=1S/C3H7.CH3.Cd/c1-3-2;;/h1,3H2,2H3;1H3;. The van der Waals surface area contributed by atoms with Gasteiger partial charge in [-0.05, 0) is 0 Å². The van der Waals surface area contributed by atoms with E-state index >= 15 is 0 Å². The normalized spacial score (nSPS) is 6.80. The van der Waals surface area contributed by atoms with Crippen LogP contribution in [-0.2, 0) is 24.2 Å². The fraction of sp³-hybridized carbons (Fsp3) is 1.00. The average Bonchev–Trinajstić information content (AvgIpc) is 1.41. The van der Waals surface area contributed by atoms with Crippen molar-refractivity contribution >= 4 is 0 Å². The zero-order valence-corrected chi connectivity index (χ0v) is 8.16. The van der Waals surface area contributed by atoms with Gasteiger partial charge in [0.05, 0.1) is 0 Å². The van der Waals surface area contributed by atoms with Crippen molar-refractivity contribution in [2.75, 3.05) is 0 Å². The van der Waals surface area contributed by atoms with E-state index in [2.05, 4.69) is 11.4 Å². The summed E-state index contributed by atoms with van der Waals surface area (Å²) in [5.74, 6) is 0. The SMILES string of the molecule is CC[CH2][Cd][CH3]. The van der Waals surface area contributed by atoms with Crippen molar-refractivity contribution in [3.05, 3.63) is 0 Å². The first-order valence-electron chi connectivity index (χ1n) is 2.41.